The van der Waals surface area contributed by atoms with E-state index in [0.717, 1.165) is 62.3 Å². The van der Waals surface area contributed by atoms with Crippen molar-refractivity contribution >= 4 is 17.0 Å². The van der Waals surface area contributed by atoms with Gasteiger partial charge in [0.2, 0.25) is 0 Å². The Labute approximate surface area is 344 Å². The van der Waals surface area contributed by atoms with Crippen LogP contribution in [0.15, 0.2) is 212 Å². The number of anilines is 1. The van der Waals surface area contributed by atoms with Crippen LogP contribution >= 0.6 is 0 Å². The van der Waals surface area contributed by atoms with Crippen LogP contribution in [0.4, 0.5) is 5.69 Å². The predicted octanol–water partition coefficient (Wildman–Crippen LogP) is 10.8. The first-order valence-electron chi connectivity index (χ1n) is 19.4. The van der Waals surface area contributed by atoms with Crippen LogP contribution in [0.5, 0.6) is 0 Å². The van der Waals surface area contributed by atoms with Crippen LogP contribution in [0.3, 0.4) is 0 Å². The molecule has 6 aromatic rings. The van der Waals surface area contributed by atoms with E-state index in [1.807, 2.05) is 85.9 Å². The van der Waals surface area contributed by atoms with Crippen molar-refractivity contribution in [3.63, 3.8) is 0 Å². The van der Waals surface area contributed by atoms with Gasteiger partial charge in [0.25, 0.3) is 0 Å². The van der Waals surface area contributed by atoms with Crippen LogP contribution in [0.2, 0.25) is 0 Å². The topological polar surface area (TPSA) is 93.3 Å². The summed E-state index contributed by atoms with van der Waals surface area (Å²) < 4.78 is 0. The molecule has 0 saturated heterocycles. The molecule has 0 bridgehead atoms. The van der Waals surface area contributed by atoms with E-state index in [9.17, 15) is 0 Å². The minimum Gasteiger partial charge on any atom is -0.399 e. The molecular formula is C53H51N5. The normalized spacial score (nSPS) is 14.6. The number of nitrogens with two attached hydrogens (primary N) is 3. The Hall–Kier alpha value is -7.10. The third-order valence-electron chi connectivity index (χ3n) is 10.1. The first kappa shape index (κ1) is 40.6. The monoisotopic (exact) mass is 757 g/mol. The summed E-state index contributed by atoms with van der Waals surface area (Å²) in [6.45, 7) is 2.03. The molecule has 2 atom stereocenters. The highest BCUT2D eigenvalue weighted by Gasteiger charge is 2.17. The zero-order valence-electron chi connectivity index (χ0n) is 33.2. The molecule has 58 heavy (non-hydrogen) atoms. The van der Waals surface area contributed by atoms with Gasteiger partial charge in [-0.2, -0.15) is 0 Å². The van der Waals surface area contributed by atoms with Gasteiger partial charge in [-0.05, 0) is 98.9 Å². The molecule has 7 rings (SSSR count). The molecule has 288 valence electrons. The fourth-order valence-corrected chi connectivity index (χ4v) is 6.83. The molecule has 0 saturated carbocycles. The van der Waals surface area contributed by atoms with Crippen molar-refractivity contribution in [2.75, 3.05) is 12.8 Å². The van der Waals surface area contributed by atoms with Gasteiger partial charge in [-0.3, -0.25) is 0 Å². The van der Waals surface area contributed by atoms with E-state index in [-0.39, 0.29) is 12.3 Å². The standard InChI is InChI=1S/C35H33N3.C18H18N2/c1-38(35(37)30-13-6-3-7-14-30)34(29-21-19-28(20-22-29)27-11-4-2-5-12-27)23-18-26-10-8-15-31(24-26)32-16-9-17-33(36)25-32;1-3-4-6-9-14(2)17-12-16(13-20-18(17)19)15-10-7-5-8-11-15/h2-17,19-25,35H,18,36-37H2,1H3;1,4-13,18,20H,19H2,2H3/b34-23-;6-4-,14-9+. The van der Waals surface area contributed by atoms with E-state index >= 15 is 0 Å². The number of allylic oxidation sites excluding steroid dienone is 6. The first-order chi connectivity index (χ1) is 28.3. The lowest BCUT2D eigenvalue weighted by atomic mass is 9.95. The first-order valence-corrected chi connectivity index (χ1v) is 19.4. The van der Waals surface area contributed by atoms with Gasteiger partial charge in [0.1, 0.15) is 12.3 Å². The predicted molar refractivity (Wildman–Crippen MR) is 246 cm³/mol. The summed E-state index contributed by atoms with van der Waals surface area (Å²) in [6, 6.07) is 56.3. The largest absolute Gasteiger partial charge is 0.399 e. The van der Waals surface area contributed by atoms with E-state index in [1.54, 1.807) is 6.08 Å². The van der Waals surface area contributed by atoms with E-state index in [0.29, 0.717) is 0 Å². The highest BCUT2D eigenvalue weighted by molar-refractivity contribution is 5.77. The summed E-state index contributed by atoms with van der Waals surface area (Å²) >= 11 is 0. The quantitative estimate of drug-likeness (QED) is 0.0457. The molecular weight excluding hydrogens is 707 g/mol. The second-order valence-corrected chi connectivity index (χ2v) is 14.1. The summed E-state index contributed by atoms with van der Waals surface area (Å²) in [4.78, 5) is 2.16. The minimum absolute atomic E-state index is 0.196. The Morgan fingerprint density at radius 3 is 1.98 bits per heavy atom. The molecule has 7 N–H and O–H groups in total. The number of terminal acetylenes is 1. The lowest BCUT2D eigenvalue weighted by Gasteiger charge is -2.30. The van der Waals surface area contributed by atoms with Gasteiger partial charge in [0.05, 0.1) is 0 Å². The van der Waals surface area contributed by atoms with Gasteiger partial charge in [-0.1, -0.05) is 176 Å². The smallest absolute Gasteiger partial charge is 0.103 e. The molecule has 0 amide bonds. The fraction of sp³-hybridized carbons (Fsp3) is 0.0943. The molecule has 1 aliphatic heterocycles. The van der Waals surface area contributed by atoms with Crippen molar-refractivity contribution in [3.8, 4) is 34.6 Å². The van der Waals surface area contributed by atoms with E-state index in [4.69, 9.17) is 23.6 Å². The summed E-state index contributed by atoms with van der Waals surface area (Å²) in [5.74, 6) is 2.47. The van der Waals surface area contributed by atoms with Gasteiger partial charge >= 0.3 is 0 Å². The molecule has 0 aliphatic carbocycles. The summed E-state index contributed by atoms with van der Waals surface area (Å²) in [5, 5.41) is 3.19. The van der Waals surface area contributed by atoms with Gasteiger partial charge in [-0.15, -0.1) is 6.42 Å². The molecule has 0 aromatic heterocycles. The molecule has 1 aliphatic rings. The maximum atomic E-state index is 6.75. The Bertz CT molecular complexity index is 2450. The molecule has 5 nitrogen and oxygen atoms in total. The van der Waals surface area contributed by atoms with Crippen LogP contribution in [0, 0.1) is 12.3 Å². The van der Waals surface area contributed by atoms with Crippen molar-refractivity contribution in [2.45, 2.75) is 25.7 Å². The number of rotatable bonds is 11. The van der Waals surface area contributed by atoms with Crippen molar-refractivity contribution in [3.05, 3.63) is 234 Å². The van der Waals surface area contributed by atoms with Crippen LogP contribution in [-0.2, 0) is 6.42 Å². The zero-order valence-corrected chi connectivity index (χ0v) is 33.2. The molecule has 0 fully saturated rings. The van der Waals surface area contributed by atoms with Crippen molar-refractivity contribution < 1.29 is 0 Å². The molecule has 5 heteroatoms. The number of dihydropyridines is 1. The summed E-state index contributed by atoms with van der Waals surface area (Å²) in [6.07, 6.45) is 17.3. The number of hydrogen-bond donors (Lipinski definition) is 4. The highest BCUT2D eigenvalue weighted by atomic mass is 15.2. The Morgan fingerprint density at radius 1 is 0.741 bits per heavy atom. The summed E-state index contributed by atoms with van der Waals surface area (Å²) in [7, 11) is 2.07. The van der Waals surface area contributed by atoms with Gasteiger partial charge in [-0.25, -0.2) is 0 Å². The average Bonchev–Trinajstić information content (AvgIpc) is 3.28. The lowest BCUT2D eigenvalue weighted by Crippen LogP contribution is -2.38. The van der Waals surface area contributed by atoms with Crippen LogP contribution in [0.25, 0.3) is 33.5 Å². The molecule has 1 heterocycles. The van der Waals surface area contributed by atoms with Gasteiger partial charge in [0, 0.05) is 24.6 Å². The molecule has 0 radical (unpaired) electrons. The number of nitrogen functional groups attached to an aromatic ring is 1. The van der Waals surface area contributed by atoms with Crippen LogP contribution in [-0.4, -0.2) is 18.1 Å². The molecule has 0 spiro atoms. The van der Waals surface area contributed by atoms with Crippen LogP contribution in [0.1, 0.15) is 35.3 Å². The highest BCUT2D eigenvalue weighted by Crippen LogP contribution is 2.30. The second kappa shape index (κ2) is 20.2. The maximum absolute atomic E-state index is 6.75. The summed E-state index contributed by atoms with van der Waals surface area (Å²) in [5.41, 5.74) is 33.3. The lowest BCUT2D eigenvalue weighted by molar-refractivity contribution is 0.365. The third-order valence-corrected chi connectivity index (χ3v) is 10.1. The van der Waals surface area contributed by atoms with Gasteiger partial charge < -0.3 is 27.4 Å². The van der Waals surface area contributed by atoms with Crippen molar-refractivity contribution in [1.82, 2.24) is 10.2 Å². The number of nitrogens with zero attached hydrogens (tertiary/aromatic N) is 1. The average molecular weight is 758 g/mol. The fourth-order valence-electron chi connectivity index (χ4n) is 6.83. The molecule has 2 unspecified atom stereocenters. The van der Waals surface area contributed by atoms with E-state index in [1.165, 1.54) is 16.7 Å². The Morgan fingerprint density at radius 2 is 1.33 bits per heavy atom. The SMILES string of the molecule is C#C/C=C\C=C(/C)C1=CC(c2ccccc2)=CNC1N.CN(/C(=C\Cc1cccc(-c2cccc(N)c2)c1)c1ccc(-c2ccccc2)cc1)C(N)c1ccccc1. The Balaban J connectivity index is 0.000000239. The minimum atomic E-state index is -0.269. The van der Waals surface area contributed by atoms with E-state index < -0.39 is 0 Å². The van der Waals surface area contributed by atoms with Crippen LogP contribution < -0.4 is 22.5 Å². The van der Waals surface area contributed by atoms with E-state index in [2.05, 4.69) is 138 Å². The Kier molecular flexibility index (Phi) is 14.1. The number of nitrogens with one attached hydrogen (secondary N) is 1. The van der Waals surface area contributed by atoms with Crippen molar-refractivity contribution in [1.29, 1.82) is 0 Å². The number of benzene rings is 6. The maximum Gasteiger partial charge on any atom is 0.103 e. The van der Waals surface area contributed by atoms with Crippen molar-refractivity contribution in [2.24, 2.45) is 11.5 Å². The van der Waals surface area contributed by atoms with Gasteiger partial charge in [0.15, 0.2) is 0 Å². The number of hydrogen-bond acceptors (Lipinski definition) is 5. The third kappa shape index (κ3) is 10.8. The second-order valence-electron chi connectivity index (χ2n) is 14.1. The molecule has 6 aromatic carbocycles. The zero-order chi connectivity index (χ0) is 40.7.